The zero-order valence-electron chi connectivity index (χ0n) is 10.3. The van der Waals surface area contributed by atoms with E-state index >= 15 is 0 Å². The molecule has 1 heterocycles. The lowest BCUT2D eigenvalue weighted by Crippen LogP contribution is -2.35. The molecular weight excluding hydrogens is 236 g/mol. The third-order valence-corrected chi connectivity index (χ3v) is 2.99. The van der Waals surface area contributed by atoms with E-state index in [0.717, 1.165) is 13.1 Å². The Kier molecular flexibility index (Phi) is 4.11. The predicted octanol–water partition coefficient (Wildman–Crippen LogP) is 1.44. The summed E-state index contributed by atoms with van der Waals surface area (Å²) >= 11 is 0. The molecule has 1 saturated heterocycles. The van der Waals surface area contributed by atoms with Crippen LogP contribution in [0.25, 0.3) is 0 Å². The average molecular weight is 252 g/mol. The Labute approximate surface area is 105 Å². The summed E-state index contributed by atoms with van der Waals surface area (Å²) in [5.41, 5.74) is 0.823. The molecule has 1 aromatic carbocycles. The maximum atomic E-state index is 11.0. The molecule has 0 amide bonds. The standard InChI is InChI=1S/C12H16N2O4/c1-17-11-3-2-10(12(8-11)14(15)16)9-13-4-6-18-7-5-13/h2-3,8H,4-7,9H2,1H3. The Balaban J connectivity index is 2.17. The molecule has 1 aliphatic heterocycles. The summed E-state index contributed by atoms with van der Waals surface area (Å²) in [6, 6.07) is 4.98. The molecule has 0 bridgehead atoms. The molecule has 18 heavy (non-hydrogen) atoms. The van der Waals surface area contributed by atoms with Crippen molar-refractivity contribution in [2.75, 3.05) is 33.4 Å². The van der Waals surface area contributed by atoms with Crippen molar-refractivity contribution in [3.8, 4) is 5.75 Å². The molecule has 6 nitrogen and oxygen atoms in total. The number of nitro benzene ring substituents is 1. The van der Waals surface area contributed by atoms with E-state index in [2.05, 4.69) is 4.90 Å². The van der Waals surface area contributed by atoms with Crippen LogP contribution in [-0.4, -0.2) is 43.2 Å². The lowest BCUT2D eigenvalue weighted by molar-refractivity contribution is -0.385. The van der Waals surface area contributed by atoms with Crippen LogP contribution >= 0.6 is 0 Å². The fraction of sp³-hybridized carbons (Fsp3) is 0.500. The quantitative estimate of drug-likeness (QED) is 0.599. The van der Waals surface area contributed by atoms with Gasteiger partial charge in [0.15, 0.2) is 0 Å². The van der Waals surface area contributed by atoms with Crippen LogP contribution in [0.2, 0.25) is 0 Å². The van der Waals surface area contributed by atoms with Gasteiger partial charge in [0.25, 0.3) is 5.69 Å². The van der Waals surface area contributed by atoms with Gasteiger partial charge < -0.3 is 9.47 Å². The van der Waals surface area contributed by atoms with Gasteiger partial charge in [-0.1, -0.05) is 0 Å². The normalized spacial score (nSPS) is 16.5. The molecule has 0 saturated carbocycles. The number of morpholine rings is 1. The third kappa shape index (κ3) is 2.96. The summed E-state index contributed by atoms with van der Waals surface area (Å²) in [5, 5.41) is 11.0. The van der Waals surface area contributed by atoms with Gasteiger partial charge in [-0.3, -0.25) is 15.0 Å². The summed E-state index contributed by atoms with van der Waals surface area (Å²) in [6.07, 6.45) is 0. The van der Waals surface area contributed by atoms with Crippen LogP contribution in [0.5, 0.6) is 5.75 Å². The maximum Gasteiger partial charge on any atom is 0.277 e. The smallest absolute Gasteiger partial charge is 0.277 e. The van der Waals surface area contributed by atoms with Crippen molar-refractivity contribution < 1.29 is 14.4 Å². The van der Waals surface area contributed by atoms with Crippen LogP contribution in [0.3, 0.4) is 0 Å². The number of nitro groups is 1. The van der Waals surface area contributed by atoms with Crippen LogP contribution < -0.4 is 4.74 Å². The molecule has 2 rings (SSSR count). The molecule has 1 aliphatic rings. The lowest BCUT2D eigenvalue weighted by atomic mass is 10.1. The van der Waals surface area contributed by atoms with Crippen molar-refractivity contribution in [1.82, 2.24) is 4.90 Å². The van der Waals surface area contributed by atoms with Crippen LogP contribution in [0, 0.1) is 10.1 Å². The van der Waals surface area contributed by atoms with E-state index in [1.807, 2.05) is 0 Å². The largest absolute Gasteiger partial charge is 0.497 e. The summed E-state index contributed by atoms with van der Waals surface area (Å²) < 4.78 is 10.3. The molecule has 0 unspecified atom stereocenters. The highest BCUT2D eigenvalue weighted by molar-refractivity contribution is 5.46. The second-order valence-electron chi connectivity index (χ2n) is 4.14. The highest BCUT2D eigenvalue weighted by atomic mass is 16.6. The van der Waals surface area contributed by atoms with Gasteiger partial charge in [0, 0.05) is 25.2 Å². The number of ether oxygens (including phenoxy) is 2. The summed E-state index contributed by atoms with van der Waals surface area (Å²) in [7, 11) is 1.50. The van der Waals surface area contributed by atoms with E-state index in [1.165, 1.54) is 13.2 Å². The molecule has 1 aromatic rings. The van der Waals surface area contributed by atoms with Gasteiger partial charge in [0.05, 0.1) is 31.3 Å². The number of hydrogen-bond donors (Lipinski definition) is 0. The van der Waals surface area contributed by atoms with E-state index in [9.17, 15) is 10.1 Å². The first-order valence-electron chi connectivity index (χ1n) is 5.82. The average Bonchev–Trinajstić information content (AvgIpc) is 2.40. The second kappa shape index (κ2) is 5.79. The molecule has 1 fully saturated rings. The summed E-state index contributed by atoms with van der Waals surface area (Å²) in [4.78, 5) is 12.8. The van der Waals surface area contributed by atoms with E-state index < -0.39 is 0 Å². The first kappa shape index (κ1) is 12.8. The molecule has 0 aromatic heterocycles. The van der Waals surface area contributed by atoms with Gasteiger partial charge >= 0.3 is 0 Å². The molecular formula is C12H16N2O4. The van der Waals surface area contributed by atoms with Gasteiger partial charge in [0.1, 0.15) is 5.75 Å². The molecule has 98 valence electrons. The number of benzene rings is 1. The van der Waals surface area contributed by atoms with E-state index in [4.69, 9.17) is 9.47 Å². The van der Waals surface area contributed by atoms with Gasteiger partial charge in [-0.05, 0) is 12.1 Å². The highest BCUT2D eigenvalue weighted by Gasteiger charge is 2.19. The Morgan fingerprint density at radius 2 is 2.17 bits per heavy atom. The van der Waals surface area contributed by atoms with Crippen molar-refractivity contribution in [1.29, 1.82) is 0 Å². The van der Waals surface area contributed by atoms with Crippen LogP contribution in [0.15, 0.2) is 18.2 Å². The molecule has 6 heteroatoms. The zero-order valence-corrected chi connectivity index (χ0v) is 10.3. The topological polar surface area (TPSA) is 64.8 Å². The first-order chi connectivity index (χ1) is 8.70. The Bertz CT molecular complexity index is 430. The highest BCUT2D eigenvalue weighted by Crippen LogP contribution is 2.25. The molecule has 0 atom stereocenters. The molecule has 0 radical (unpaired) electrons. The third-order valence-electron chi connectivity index (χ3n) is 2.99. The Hall–Kier alpha value is -1.66. The van der Waals surface area contributed by atoms with Crippen molar-refractivity contribution in [3.05, 3.63) is 33.9 Å². The van der Waals surface area contributed by atoms with Crippen molar-refractivity contribution >= 4 is 5.69 Å². The number of hydrogen-bond acceptors (Lipinski definition) is 5. The molecule has 0 spiro atoms. The molecule has 0 N–H and O–H groups in total. The number of rotatable bonds is 4. The summed E-state index contributed by atoms with van der Waals surface area (Å²) in [6.45, 7) is 3.56. The predicted molar refractivity (Wildman–Crippen MR) is 65.7 cm³/mol. The maximum absolute atomic E-state index is 11.0. The minimum absolute atomic E-state index is 0.112. The van der Waals surface area contributed by atoms with Crippen molar-refractivity contribution in [2.24, 2.45) is 0 Å². The fourth-order valence-corrected chi connectivity index (χ4v) is 1.97. The van der Waals surface area contributed by atoms with Gasteiger partial charge in [-0.2, -0.15) is 0 Å². The lowest BCUT2D eigenvalue weighted by Gasteiger charge is -2.26. The first-order valence-corrected chi connectivity index (χ1v) is 5.82. The van der Waals surface area contributed by atoms with E-state index in [1.54, 1.807) is 12.1 Å². The second-order valence-corrected chi connectivity index (χ2v) is 4.14. The van der Waals surface area contributed by atoms with Crippen LogP contribution in [0.1, 0.15) is 5.56 Å². The zero-order chi connectivity index (χ0) is 13.0. The summed E-state index contributed by atoms with van der Waals surface area (Å²) in [5.74, 6) is 0.507. The van der Waals surface area contributed by atoms with Crippen molar-refractivity contribution in [2.45, 2.75) is 6.54 Å². The Morgan fingerprint density at radius 1 is 1.44 bits per heavy atom. The van der Waals surface area contributed by atoms with E-state index in [0.29, 0.717) is 31.1 Å². The SMILES string of the molecule is COc1ccc(CN2CCOCC2)c([N+](=O)[O-])c1. The fourth-order valence-electron chi connectivity index (χ4n) is 1.97. The van der Waals surface area contributed by atoms with Crippen LogP contribution in [0.4, 0.5) is 5.69 Å². The number of nitrogens with zero attached hydrogens (tertiary/aromatic N) is 2. The van der Waals surface area contributed by atoms with Gasteiger partial charge in [-0.15, -0.1) is 0 Å². The monoisotopic (exact) mass is 252 g/mol. The molecule has 0 aliphatic carbocycles. The van der Waals surface area contributed by atoms with Crippen LogP contribution in [-0.2, 0) is 11.3 Å². The van der Waals surface area contributed by atoms with Gasteiger partial charge in [-0.25, -0.2) is 0 Å². The minimum atomic E-state index is -0.363. The van der Waals surface area contributed by atoms with Gasteiger partial charge in [0.2, 0.25) is 0 Å². The number of methoxy groups -OCH3 is 1. The van der Waals surface area contributed by atoms with E-state index in [-0.39, 0.29) is 10.6 Å². The van der Waals surface area contributed by atoms with Crippen molar-refractivity contribution in [3.63, 3.8) is 0 Å². The Morgan fingerprint density at radius 3 is 2.78 bits per heavy atom. The minimum Gasteiger partial charge on any atom is -0.497 e.